The summed E-state index contributed by atoms with van der Waals surface area (Å²) in [6.45, 7) is 42.4. The predicted molar refractivity (Wildman–Crippen MR) is 144 cm³/mol. The molecule has 8 heteroatoms. The maximum atomic E-state index is 5.90. The Morgan fingerprint density at radius 2 is 0.577 bits per heavy atom. The van der Waals surface area contributed by atoms with Crippen molar-refractivity contribution in [1.29, 1.82) is 0 Å². The molecule has 0 aromatic carbocycles. The predicted octanol–water partition coefficient (Wildman–Crippen LogP) is 7.66. The molecule has 0 aromatic heterocycles. The first kappa shape index (κ1) is 31.9. The van der Waals surface area contributed by atoms with Gasteiger partial charge in [-0.15, -0.1) is 0 Å². The van der Waals surface area contributed by atoms with Crippen LogP contribution in [0.5, 0.6) is 0 Å². The van der Waals surface area contributed by atoms with Gasteiger partial charge in [0.15, 0.2) is 16.6 Å². The number of hydrogen-bond donors (Lipinski definition) is 1. The molecule has 0 saturated heterocycles. The van der Waals surface area contributed by atoms with E-state index >= 15 is 0 Å². The highest BCUT2D eigenvalue weighted by atomic mass is 29.3. The summed E-state index contributed by atoms with van der Waals surface area (Å²) in [5.74, 6) is 0. The molecule has 0 rings (SSSR count). The highest BCUT2D eigenvalue weighted by molar-refractivity contribution is 7.39. The molecule has 0 heterocycles. The number of nitrogens with one attached hydrogen (secondary N) is 1. The molecule has 0 unspecified atom stereocenters. The molecule has 0 aromatic rings. The summed E-state index contributed by atoms with van der Waals surface area (Å²) in [6.07, 6.45) is 0. The van der Waals surface area contributed by atoms with Gasteiger partial charge in [-0.25, -0.2) is 0 Å². The second kappa shape index (κ2) is 10.8. The van der Waals surface area contributed by atoms with Crippen molar-refractivity contribution < 1.29 is 4.12 Å². The van der Waals surface area contributed by atoms with Crippen LogP contribution in [0, 0.1) is 0 Å². The van der Waals surface area contributed by atoms with Crippen LogP contribution in [0.1, 0.15) is 0 Å². The molecule has 0 fully saturated rings. The lowest BCUT2D eigenvalue weighted by molar-refractivity contribution is 0.559. The minimum Gasteiger partial charge on any atom is -0.456 e. The molecular formula is C18H55NOSi6. The molecule has 0 bridgehead atoms. The topological polar surface area (TPSA) is 21.3 Å². The Morgan fingerprint density at radius 3 is 0.577 bits per heavy atom. The fourth-order valence-electron chi connectivity index (χ4n) is 2.04. The average Bonchev–Trinajstić information content (AvgIpc) is 2.00. The normalized spacial score (nSPS) is 14.1. The van der Waals surface area contributed by atoms with E-state index in [-0.39, 0.29) is 0 Å². The van der Waals surface area contributed by atoms with Crippen LogP contribution >= 0.6 is 0 Å². The van der Waals surface area contributed by atoms with Gasteiger partial charge in [0.05, 0.1) is 0 Å². The summed E-state index contributed by atoms with van der Waals surface area (Å²) in [5.41, 5.74) is 0. The molecule has 0 amide bonds. The van der Waals surface area contributed by atoms with Gasteiger partial charge >= 0.3 is 0 Å². The maximum absolute atomic E-state index is 5.90. The van der Waals surface area contributed by atoms with E-state index in [0.29, 0.717) is 0 Å². The van der Waals surface area contributed by atoms with Crippen molar-refractivity contribution in [3.63, 3.8) is 0 Å². The first-order chi connectivity index (χ1) is 10.7. The summed E-state index contributed by atoms with van der Waals surface area (Å²) < 4.78 is 9.64. The molecule has 0 spiro atoms. The van der Waals surface area contributed by atoms with Crippen LogP contribution in [0.25, 0.3) is 0 Å². The van der Waals surface area contributed by atoms with E-state index in [4.69, 9.17) is 4.12 Å². The van der Waals surface area contributed by atoms with Gasteiger partial charge in [0.2, 0.25) is 0 Å². The Kier molecular flexibility index (Phi) is 13.3. The van der Waals surface area contributed by atoms with E-state index in [0.717, 1.165) is 0 Å². The molecule has 0 saturated carbocycles. The van der Waals surface area contributed by atoms with E-state index < -0.39 is 48.3 Å². The summed E-state index contributed by atoms with van der Waals surface area (Å²) in [5, 5.41) is 0. The molecule has 2 nitrogen and oxygen atoms in total. The van der Waals surface area contributed by atoms with Crippen molar-refractivity contribution >= 4 is 48.3 Å². The quantitative estimate of drug-likeness (QED) is 0.417. The lowest BCUT2D eigenvalue weighted by Gasteiger charge is -2.30. The minimum absolute atomic E-state index is 0.720. The lowest BCUT2D eigenvalue weighted by Crippen LogP contribution is -2.55. The van der Waals surface area contributed by atoms with Crippen LogP contribution in [-0.2, 0) is 4.12 Å². The zero-order valence-corrected chi connectivity index (χ0v) is 27.9. The third-order valence-electron chi connectivity index (χ3n) is 3.61. The van der Waals surface area contributed by atoms with E-state index in [2.05, 4.69) is 122 Å². The van der Waals surface area contributed by atoms with Crippen molar-refractivity contribution in [2.75, 3.05) is 0 Å². The summed E-state index contributed by atoms with van der Waals surface area (Å²) in [6, 6.07) is 0. The third kappa shape index (κ3) is 30.0. The highest BCUT2D eigenvalue weighted by Crippen LogP contribution is 2.17. The van der Waals surface area contributed by atoms with Gasteiger partial charge in [0.25, 0.3) is 0 Å². The smallest absolute Gasteiger partial charge is 0.170 e. The summed E-state index contributed by atoms with van der Waals surface area (Å²) in [4.78, 5) is 0. The Labute approximate surface area is 174 Å². The molecular weight excluding hydrogens is 415 g/mol. The zero-order valence-electron chi connectivity index (χ0n) is 21.9. The molecule has 0 aliphatic carbocycles. The Balaban J connectivity index is -0.000000306. The Bertz CT molecular complexity index is 311. The monoisotopic (exact) mass is 469 g/mol. The van der Waals surface area contributed by atoms with Gasteiger partial charge in [-0.3, -0.25) is 0 Å². The maximum Gasteiger partial charge on any atom is 0.170 e. The molecule has 162 valence electrons. The van der Waals surface area contributed by atoms with Crippen LogP contribution in [0.3, 0.4) is 0 Å². The molecule has 26 heavy (non-hydrogen) atoms. The van der Waals surface area contributed by atoms with E-state index in [9.17, 15) is 0 Å². The highest BCUT2D eigenvalue weighted by Gasteiger charge is 2.31. The standard InChI is InChI=1S/C6H19NSi2.C6H18OSi2.C6H18Si2/c2*1-8(2,3)7-9(4,5)6;1-7(2,3)8(4,5)6/h7H,1-6H3;1-6H3;1-6H3. The Hall–Kier alpha value is 1.22. The lowest BCUT2D eigenvalue weighted by atomic mass is 11.8. The second-order valence-electron chi connectivity index (χ2n) is 13.5. The Morgan fingerprint density at radius 1 is 0.385 bits per heavy atom. The largest absolute Gasteiger partial charge is 0.456 e. The summed E-state index contributed by atoms with van der Waals surface area (Å²) >= 11 is 0. The van der Waals surface area contributed by atoms with Crippen molar-refractivity contribution in [3.05, 3.63) is 0 Å². The average molecular weight is 470 g/mol. The second-order valence-corrected chi connectivity index (χ2v) is 50.7. The van der Waals surface area contributed by atoms with Gasteiger partial charge in [0, 0.05) is 15.2 Å². The van der Waals surface area contributed by atoms with E-state index in [1.807, 2.05) is 0 Å². The number of rotatable bonds is 5. The SMILES string of the molecule is C[Si](C)(C)N[Si](C)(C)C.C[Si](C)(C)O[Si](C)(C)C.C[Si](C)(C)[Si](C)(C)C. The van der Waals surface area contributed by atoms with Crippen LogP contribution in [0.2, 0.25) is 118 Å². The van der Waals surface area contributed by atoms with Crippen molar-refractivity contribution in [3.8, 4) is 0 Å². The van der Waals surface area contributed by atoms with Gasteiger partial charge < -0.3 is 8.76 Å². The molecule has 0 radical (unpaired) electrons. The summed E-state index contributed by atoms with van der Waals surface area (Å²) in [7, 11) is -5.86. The minimum atomic E-state index is -1.23. The van der Waals surface area contributed by atoms with Crippen LogP contribution < -0.4 is 4.65 Å². The van der Waals surface area contributed by atoms with E-state index in [1.165, 1.54) is 0 Å². The van der Waals surface area contributed by atoms with Gasteiger partial charge in [-0.2, -0.15) is 0 Å². The fraction of sp³-hybridized carbons (Fsp3) is 1.00. The first-order valence-corrected chi connectivity index (χ1v) is 32.0. The van der Waals surface area contributed by atoms with Crippen molar-refractivity contribution in [2.45, 2.75) is 118 Å². The molecule has 0 aliphatic rings. The molecule has 0 aliphatic heterocycles. The van der Waals surface area contributed by atoms with Crippen molar-refractivity contribution in [2.24, 2.45) is 0 Å². The molecule has 0 atom stereocenters. The van der Waals surface area contributed by atoms with Gasteiger partial charge in [-0.05, 0) is 39.3 Å². The zero-order chi connectivity index (χ0) is 22.4. The molecule has 1 N–H and O–H groups in total. The first-order valence-electron chi connectivity index (χ1n) is 10.2. The third-order valence-corrected chi connectivity index (χ3v) is 32.5. The van der Waals surface area contributed by atoms with E-state index in [1.54, 1.807) is 0 Å². The van der Waals surface area contributed by atoms with Crippen LogP contribution in [0.15, 0.2) is 0 Å². The number of hydrogen-bond acceptors (Lipinski definition) is 2. The van der Waals surface area contributed by atoms with Crippen LogP contribution in [0.4, 0.5) is 0 Å². The van der Waals surface area contributed by atoms with Crippen LogP contribution in [-0.4, -0.2) is 48.3 Å². The van der Waals surface area contributed by atoms with Crippen molar-refractivity contribution in [1.82, 2.24) is 4.65 Å². The fourth-order valence-corrected chi connectivity index (χ4v) is 18.4. The van der Waals surface area contributed by atoms with Gasteiger partial charge in [0.1, 0.15) is 16.5 Å². The van der Waals surface area contributed by atoms with Gasteiger partial charge in [-0.1, -0.05) is 78.6 Å².